The number of rotatable bonds is 7. The summed E-state index contributed by atoms with van der Waals surface area (Å²) in [6.07, 6.45) is 3.41. The number of amides is 1. The molecule has 6 nitrogen and oxygen atoms in total. The summed E-state index contributed by atoms with van der Waals surface area (Å²) in [6.45, 7) is 4.32. The van der Waals surface area contributed by atoms with Crippen molar-refractivity contribution in [3.05, 3.63) is 53.5 Å². The number of nitrogens with one attached hydrogen (secondary N) is 1. The summed E-state index contributed by atoms with van der Waals surface area (Å²) in [5.74, 6) is 0.788. The average molecular weight is 392 g/mol. The Bertz CT molecular complexity index is 861. The van der Waals surface area contributed by atoms with Crippen molar-refractivity contribution in [2.75, 3.05) is 11.1 Å². The molecule has 0 fully saturated rings. The fourth-order valence-corrected chi connectivity index (χ4v) is 3.49. The predicted octanol–water partition coefficient (Wildman–Crippen LogP) is 3.97. The molecule has 3 rings (SSSR count). The smallest absolute Gasteiger partial charge is 0.236 e. The Morgan fingerprint density at radius 3 is 2.84 bits per heavy atom. The molecule has 1 N–H and O–H groups in total. The van der Waals surface area contributed by atoms with Gasteiger partial charge in [-0.05, 0) is 24.3 Å². The topological polar surface area (TPSA) is 72.7 Å². The second-order valence-corrected chi connectivity index (χ2v) is 7.16. The Morgan fingerprint density at radius 2 is 2.16 bits per heavy atom. The summed E-state index contributed by atoms with van der Waals surface area (Å²) < 4.78 is 1.91. The van der Waals surface area contributed by atoms with Gasteiger partial charge in [0.2, 0.25) is 5.91 Å². The third-order valence-corrected chi connectivity index (χ3v) is 5.05. The van der Waals surface area contributed by atoms with Crippen LogP contribution in [0.15, 0.2) is 53.7 Å². The summed E-state index contributed by atoms with van der Waals surface area (Å²) in [4.78, 5) is 16.0. The molecule has 2 heterocycles. The normalized spacial score (nSPS) is 10.6. The third kappa shape index (κ3) is 4.47. The Kier molecular flexibility index (Phi) is 5.85. The van der Waals surface area contributed by atoms with Crippen molar-refractivity contribution >= 4 is 45.7 Å². The van der Waals surface area contributed by atoms with Gasteiger partial charge in [0.05, 0.1) is 5.75 Å². The fourth-order valence-electron chi connectivity index (χ4n) is 2.07. The van der Waals surface area contributed by atoms with Gasteiger partial charge in [-0.1, -0.05) is 29.4 Å². The first kappa shape index (κ1) is 17.7. The number of carbonyl (C=O) groups is 1. The predicted molar refractivity (Wildman–Crippen MR) is 102 cm³/mol. The molecule has 0 radical (unpaired) electrons. The lowest BCUT2D eigenvalue weighted by atomic mass is 10.2. The summed E-state index contributed by atoms with van der Waals surface area (Å²) in [5.41, 5.74) is 0.901. The van der Waals surface area contributed by atoms with Crippen LogP contribution in [0.4, 0.5) is 5.13 Å². The minimum Gasteiger partial charge on any atom is -0.301 e. The van der Waals surface area contributed by atoms with Crippen LogP contribution < -0.4 is 5.32 Å². The molecule has 9 heteroatoms. The van der Waals surface area contributed by atoms with Gasteiger partial charge in [0.1, 0.15) is 0 Å². The van der Waals surface area contributed by atoms with Crippen molar-refractivity contribution in [3.63, 3.8) is 0 Å². The van der Waals surface area contributed by atoms with Gasteiger partial charge in [0.15, 0.2) is 16.1 Å². The second kappa shape index (κ2) is 8.28. The molecule has 0 atom stereocenters. The lowest BCUT2D eigenvalue weighted by molar-refractivity contribution is -0.113. The summed E-state index contributed by atoms with van der Waals surface area (Å²) >= 11 is 8.63. The van der Waals surface area contributed by atoms with Crippen molar-refractivity contribution in [2.45, 2.75) is 11.7 Å². The lowest BCUT2D eigenvalue weighted by Crippen LogP contribution is -2.14. The molecule has 0 aliphatic rings. The molecule has 0 unspecified atom stereocenters. The number of benzene rings is 1. The van der Waals surface area contributed by atoms with Crippen LogP contribution >= 0.6 is 34.7 Å². The van der Waals surface area contributed by atoms with Crippen molar-refractivity contribution in [2.24, 2.45) is 0 Å². The minimum atomic E-state index is -0.138. The number of anilines is 1. The Hall–Kier alpha value is -2.16. The summed E-state index contributed by atoms with van der Waals surface area (Å²) in [5, 5.41) is 14.9. The molecule has 1 amide bonds. The van der Waals surface area contributed by atoms with Gasteiger partial charge in [-0.15, -0.1) is 28.1 Å². The van der Waals surface area contributed by atoms with Crippen LogP contribution in [0.2, 0.25) is 5.02 Å². The third-order valence-electron chi connectivity index (χ3n) is 3.14. The number of hydrogen-bond acceptors (Lipinski definition) is 6. The van der Waals surface area contributed by atoms with Gasteiger partial charge in [-0.25, -0.2) is 4.98 Å². The summed E-state index contributed by atoms with van der Waals surface area (Å²) in [7, 11) is 0. The van der Waals surface area contributed by atoms with Gasteiger partial charge in [0.25, 0.3) is 0 Å². The number of thiazole rings is 1. The van der Waals surface area contributed by atoms with Crippen LogP contribution in [0, 0.1) is 0 Å². The van der Waals surface area contributed by atoms with Crippen LogP contribution in [0.1, 0.15) is 0 Å². The molecule has 3 aromatic rings. The molecule has 128 valence electrons. The van der Waals surface area contributed by atoms with Crippen molar-refractivity contribution in [1.82, 2.24) is 19.7 Å². The van der Waals surface area contributed by atoms with Gasteiger partial charge in [-0.3, -0.25) is 9.36 Å². The number of hydrogen-bond donors (Lipinski definition) is 1. The lowest BCUT2D eigenvalue weighted by Gasteiger charge is -2.07. The zero-order chi connectivity index (χ0) is 17.6. The maximum atomic E-state index is 12.0. The van der Waals surface area contributed by atoms with Crippen LogP contribution in [0.5, 0.6) is 0 Å². The maximum Gasteiger partial charge on any atom is 0.236 e. The van der Waals surface area contributed by atoms with E-state index in [1.165, 1.54) is 23.1 Å². The molecule has 0 bridgehead atoms. The van der Waals surface area contributed by atoms with E-state index in [9.17, 15) is 4.79 Å². The maximum absolute atomic E-state index is 12.0. The van der Waals surface area contributed by atoms with Gasteiger partial charge >= 0.3 is 0 Å². The monoisotopic (exact) mass is 391 g/mol. The largest absolute Gasteiger partial charge is 0.301 e. The SMILES string of the molecule is C=CCn1c(SCC(=O)Nc2nccs2)nnc1-c1ccc(Cl)cc1. The molecule has 0 saturated heterocycles. The van der Waals surface area contributed by atoms with E-state index in [-0.39, 0.29) is 11.7 Å². The molecule has 2 aromatic heterocycles. The van der Waals surface area contributed by atoms with E-state index in [1.54, 1.807) is 24.4 Å². The van der Waals surface area contributed by atoms with Crippen molar-refractivity contribution < 1.29 is 4.79 Å². The molecule has 0 saturated carbocycles. The molecule has 25 heavy (non-hydrogen) atoms. The van der Waals surface area contributed by atoms with Gasteiger partial charge in [0, 0.05) is 28.7 Å². The van der Waals surface area contributed by atoms with Crippen LogP contribution in [-0.2, 0) is 11.3 Å². The highest BCUT2D eigenvalue weighted by Gasteiger charge is 2.15. The molecule has 0 spiro atoms. The first-order valence-electron chi connectivity index (χ1n) is 7.29. The van der Waals surface area contributed by atoms with Crippen molar-refractivity contribution in [1.29, 1.82) is 0 Å². The number of thioether (sulfide) groups is 1. The average Bonchev–Trinajstić information content (AvgIpc) is 3.24. The van der Waals surface area contributed by atoms with E-state index < -0.39 is 0 Å². The van der Waals surface area contributed by atoms with E-state index in [0.29, 0.717) is 27.7 Å². The number of halogens is 1. The minimum absolute atomic E-state index is 0.138. The molecular weight excluding hydrogens is 378 g/mol. The first-order valence-corrected chi connectivity index (χ1v) is 9.54. The van der Waals surface area contributed by atoms with E-state index >= 15 is 0 Å². The van der Waals surface area contributed by atoms with Crippen LogP contribution in [0.3, 0.4) is 0 Å². The quantitative estimate of drug-likeness (QED) is 0.487. The standard InChI is InChI=1S/C16H14ClN5OS2/c1-2-8-22-14(11-3-5-12(17)6-4-11)20-21-16(22)25-10-13(23)19-15-18-7-9-24-15/h2-7,9H,1,8,10H2,(H,18,19,23). The number of aromatic nitrogens is 4. The zero-order valence-corrected chi connectivity index (χ0v) is 15.4. The highest BCUT2D eigenvalue weighted by Crippen LogP contribution is 2.25. The second-order valence-electron chi connectivity index (χ2n) is 4.89. The zero-order valence-electron chi connectivity index (χ0n) is 13.1. The number of nitrogens with zero attached hydrogens (tertiary/aromatic N) is 4. The Morgan fingerprint density at radius 1 is 1.36 bits per heavy atom. The van der Waals surface area contributed by atoms with E-state index in [0.717, 1.165) is 5.56 Å². The van der Waals surface area contributed by atoms with Crippen LogP contribution in [0.25, 0.3) is 11.4 Å². The van der Waals surface area contributed by atoms with Gasteiger partial charge in [-0.2, -0.15) is 0 Å². The van der Waals surface area contributed by atoms with E-state index in [2.05, 4.69) is 27.1 Å². The number of allylic oxidation sites excluding steroid dienone is 1. The highest BCUT2D eigenvalue weighted by atomic mass is 35.5. The van der Waals surface area contributed by atoms with E-state index in [1.807, 2.05) is 22.1 Å². The fraction of sp³-hybridized carbons (Fsp3) is 0.125. The highest BCUT2D eigenvalue weighted by molar-refractivity contribution is 7.99. The van der Waals surface area contributed by atoms with Gasteiger partial charge < -0.3 is 5.32 Å². The van der Waals surface area contributed by atoms with E-state index in [4.69, 9.17) is 11.6 Å². The molecule has 0 aliphatic heterocycles. The first-order chi connectivity index (χ1) is 12.2. The molecule has 1 aromatic carbocycles. The Labute approximate surface area is 158 Å². The molecule has 0 aliphatic carbocycles. The van der Waals surface area contributed by atoms with Crippen molar-refractivity contribution in [3.8, 4) is 11.4 Å². The van der Waals surface area contributed by atoms with Crippen LogP contribution in [-0.4, -0.2) is 31.4 Å². The summed E-state index contributed by atoms with van der Waals surface area (Å²) in [6, 6.07) is 7.38. The number of carbonyl (C=O) groups excluding carboxylic acids is 1. The molecular formula is C16H14ClN5OS2. The Balaban J connectivity index is 1.73.